The second-order valence-corrected chi connectivity index (χ2v) is 4.26. The monoisotopic (exact) mass is 314 g/mol. The van der Waals surface area contributed by atoms with Crippen molar-refractivity contribution in [3.8, 4) is 0 Å². The van der Waals surface area contributed by atoms with Gasteiger partial charge in [0.1, 0.15) is 5.69 Å². The molecule has 2 aromatic carbocycles. The highest BCUT2D eigenvalue weighted by molar-refractivity contribution is 14.1. The average molecular weight is 314 g/mol. The Morgan fingerprint density at radius 3 is 2.47 bits per heavy atom. The van der Waals surface area contributed by atoms with Crippen molar-refractivity contribution in [2.75, 3.05) is 5.73 Å². The normalized spacial score (nSPS) is 10.5. The predicted octanol–water partition coefficient (Wildman–Crippen LogP) is 2.93. The minimum Gasteiger partial charge on any atom is -0.393 e. The molecule has 4 nitrogen and oxygen atoms in total. The van der Waals surface area contributed by atoms with Crippen LogP contribution in [-0.2, 0) is 0 Å². The maximum absolute atomic E-state index is 10.7. The summed E-state index contributed by atoms with van der Waals surface area (Å²) in [5.74, 6) is 0. The van der Waals surface area contributed by atoms with E-state index < -0.39 is 4.92 Å². The number of halogens is 1. The summed E-state index contributed by atoms with van der Waals surface area (Å²) in [6, 6.07) is 8.89. The topological polar surface area (TPSA) is 69.2 Å². The molecule has 0 unspecified atom stereocenters. The molecule has 5 heteroatoms. The predicted molar refractivity (Wildman–Crippen MR) is 67.7 cm³/mol. The van der Waals surface area contributed by atoms with Crippen LogP contribution in [0.3, 0.4) is 0 Å². The average Bonchev–Trinajstić information content (AvgIpc) is 2.23. The minimum atomic E-state index is -0.454. The van der Waals surface area contributed by atoms with Gasteiger partial charge in [0, 0.05) is 15.0 Å². The highest BCUT2D eigenvalue weighted by Gasteiger charge is 2.16. The molecule has 0 fully saturated rings. The van der Waals surface area contributed by atoms with Crippen molar-refractivity contribution in [1.82, 2.24) is 0 Å². The molecule has 0 saturated heterocycles. The van der Waals surface area contributed by atoms with E-state index in [0.29, 0.717) is 0 Å². The summed E-state index contributed by atoms with van der Waals surface area (Å²) in [6.07, 6.45) is 0. The van der Waals surface area contributed by atoms with Crippen LogP contribution in [0.25, 0.3) is 10.8 Å². The second-order valence-electron chi connectivity index (χ2n) is 3.09. The number of hydrogen-bond acceptors (Lipinski definition) is 3. The number of nitro benzene ring substituents is 1. The third-order valence-electron chi connectivity index (χ3n) is 2.21. The van der Waals surface area contributed by atoms with Crippen LogP contribution in [0.4, 0.5) is 11.4 Å². The number of nitrogens with zero attached hydrogens (tertiary/aromatic N) is 1. The Balaban J connectivity index is 2.90. The Morgan fingerprint density at radius 1 is 1.27 bits per heavy atom. The van der Waals surface area contributed by atoms with Gasteiger partial charge >= 0.3 is 0 Å². The van der Waals surface area contributed by atoms with Crippen molar-refractivity contribution in [2.24, 2.45) is 0 Å². The van der Waals surface area contributed by atoms with Crippen LogP contribution < -0.4 is 5.73 Å². The van der Waals surface area contributed by atoms with Gasteiger partial charge in [0.05, 0.1) is 4.92 Å². The molecular weight excluding hydrogens is 307 g/mol. The highest BCUT2D eigenvalue weighted by atomic mass is 127. The van der Waals surface area contributed by atoms with Crippen molar-refractivity contribution in [2.45, 2.75) is 0 Å². The van der Waals surface area contributed by atoms with Gasteiger partial charge in [-0.3, -0.25) is 10.1 Å². The van der Waals surface area contributed by atoms with Crippen LogP contribution >= 0.6 is 22.6 Å². The maximum Gasteiger partial charge on any atom is 0.293 e. The lowest BCUT2D eigenvalue weighted by molar-refractivity contribution is -0.383. The molecule has 0 radical (unpaired) electrons. The van der Waals surface area contributed by atoms with Gasteiger partial charge in [0.2, 0.25) is 0 Å². The highest BCUT2D eigenvalue weighted by Crippen LogP contribution is 2.33. The first kappa shape index (κ1) is 10.2. The fourth-order valence-corrected chi connectivity index (χ4v) is 2.26. The molecule has 0 aliphatic heterocycles. The molecule has 0 aromatic heterocycles. The third kappa shape index (κ3) is 1.63. The first-order valence-electron chi connectivity index (χ1n) is 4.22. The van der Waals surface area contributed by atoms with E-state index in [1.165, 1.54) is 6.07 Å². The van der Waals surface area contributed by atoms with E-state index in [4.69, 9.17) is 5.73 Å². The number of nitrogen functional groups attached to an aromatic ring is 1. The number of rotatable bonds is 1. The summed E-state index contributed by atoms with van der Waals surface area (Å²) in [7, 11) is 0. The van der Waals surface area contributed by atoms with E-state index in [0.717, 1.165) is 14.3 Å². The van der Waals surface area contributed by atoms with Gasteiger partial charge < -0.3 is 5.73 Å². The quantitative estimate of drug-likeness (QED) is 0.381. The van der Waals surface area contributed by atoms with Gasteiger partial charge in [-0.15, -0.1) is 0 Å². The number of fused-ring (bicyclic) bond motifs is 1. The van der Waals surface area contributed by atoms with E-state index in [9.17, 15) is 10.1 Å². The van der Waals surface area contributed by atoms with E-state index in [2.05, 4.69) is 22.6 Å². The lowest BCUT2D eigenvalue weighted by atomic mass is 10.1. The zero-order valence-electron chi connectivity index (χ0n) is 7.61. The molecule has 0 aliphatic carbocycles. The van der Waals surface area contributed by atoms with Gasteiger partial charge in [-0.05, 0) is 28.0 Å². The van der Waals surface area contributed by atoms with Crippen LogP contribution in [0.2, 0.25) is 0 Å². The van der Waals surface area contributed by atoms with Gasteiger partial charge in [-0.1, -0.05) is 24.3 Å². The molecule has 0 saturated carbocycles. The summed E-state index contributed by atoms with van der Waals surface area (Å²) in [5, 5.41) is 12.4. The summed E-state index contributed by atoms with van der Waals surface area (Å²) in [4.78, 5) is 10.3. The second kappa shape index (κ2) is 3.65. The molecular formula is C10H7IN2O2. The first-order valence-corrected chi connectivity index (χ1v) is 5.30. The smallest absolute Gasteiger partial charge is 0.293 e. The molecule has 2 aromatic rings. The van der Waals surface area contributed by atoms with E-state index in [-0.39, 0.29) is 11.4 Å². The van der Waals surface area contributed by atoms with E-state index in [1.807, 2.05) is 18.2 Å². The van der Waals surface area contributed by atoms with Crippen LogP contribution in [0, 0.1) is 13.7 Å². The van der Waals surface area contributed by atoms with Crippen LogP contribution in [0.15, 0.2) is 30.3 Å². The number of nitrogens with two attached hydrogens (primary N) is 1. The molecule has 0 spiro atoms. The van der Waals surface area contributed by atoms with Crippen LogP contribution in [-0.4, -0.2) is 4.92 Å². The fraction of sp³-hybridized carbons (Fsp3) is 0. The maximum atomic E-state index is 10.7. The minimum absolute atomic E-state index is 0.0295. The lowest BCUT2D eigenvalue weighted by Crippen LogP contribution is -1.97. The van der Waals surface area contributed by atoms with E-state index >= 15 is 0 Å². The van der Waals surface area contributed by atoms with Crippen LogP contribution in [0.5, 0.6) is 0 Å². The Labute approximate surface area is 99.4 Å². The Kier molecular flexibility index (Phi) is 2.47. The largest absolute Gasteiger partial charge is 0.393 e. The van der Waals surface area contributed by atoms with E-state index in [1.54, 1.807) is 6.07 Å². The van der Waals surface area contributed by atoms with Crippen molar-refractivity contribution >= 4 is 44.7 Å². The fourth-order valence-electron chi connectivity index (χ4n) is 1.49. The Morgan fingerprint density at radius 2 is 1.87 bits per heavy atom. The molecule has 0 atom stereocenters. The lowest BCUT2D eigenvalue weighted by Gasteiger charge is -2.04. The Bertz CT molecular complexity index is 554. The van der Waals surface area contributed by atoms with Crippen molar-refractivity contribution in [1.29, 1.82) is 0 Å². The van der Waals surface area contributed by atoms with Gasteiger partial charge in [0.15, 0.2) is 0 Å². The third-order valence-corrected chi connectivity index (χ3v) is 3.10. The SMILES string of the molecule is Nc1c([N+](=O)[O-])cc(I)c2ccccc12. The molecule has 0 heterocycles. The molecule has 15 heavy (non-hydrogen) atoms. The number of nitro groups is 1. The Hall–Kier alpha value is -1.37. The molecule has 76 valence electrons. The standard InChI is InChI=1S/C10H7IN2O2/c11-8-5-9(13(14)15)10(12)7-4-2-1-3-6(7)8/h1-5H,12H2. The molecule has 2 N–H and O–H groups in total. The zero-order valence-corrected chi connectivity index (χ0v) is 9.76. The number of anilines is 1. The number of hydrogen-bond donors (Lipinski definition) is 1. The van der Waals surface area contributed by atoms with Gasteiger partial charge in [0.25, 0.3) is 5.69 Å². The summed E-state index contributed by atoms with van der Waals surface area (Å²) in [5.41, 5.74) is 5.95. The van der Waals surface area contributed by atoms with Gasteiger partial charge in [-0.25, -0.2) is 0 Å². The van der Waals surface area contributed by atoms with Crippen LogP contribution in [0.1, 0.15) is 0 Å². The van der Waals surface area contributed by atoms with Crippen molar-refractivity contribution < 1.29 is 4.92 Å². The zero-order chi connectivity index (χ0) is 11.0. The van der Waals surface area contributed by atoms with Crippen molar-refractivity contribution in [3.63, 3.8) is 0 Å². The summed E-state index contributed by atoms with van der Waals surface area (Å²) < 4.78 is 0.837. The first-order chi connectivity index (χ1) is 7.11. The molecule has 2 rings (SSSR count). The molecule has 0 aliphatic rings. The van der Waals surface area contributed by atoms with Crippen molar-refractivity contribution in [3.05, 3.63) is 44.0 Å². The molecule has 0 bridgehead atoms. The molecule has 0 amide bonds. The van der Waals surface area contributed by atoms with Gasteiger partial charge in [-0.2, -0.15) is 0 Å². The number of benzene rings is 2. The summed E-state index contributed by atoms with van der Waals surface area (Å²) in [6.45, 7) is 0. The summed E-state index contributed by atoms with van der Waals surface area (Å²) >= 11 is 2.07.